The van der Waals surface area contributed by atoms with E-state index in [-0.39, 0.29) is 341 Å². The summed E-state index contributed by atoms with van der Waals surface area (Å²) < 4.78 is 8.70. The summed E-state index contributed by atoms with van der Waals surface area (Å²) in [5, 5.41) is 0. The zero-order valence-corrected chi connectivity index (χ0v) is 33.8. The van der Waals surface area contributed by atoms with Crippen molar-refractivity contribution in [2.45, 2.75) is 0 Å². The first-order valence-electron chi connectivity index (χ1n) is 0.583. The van der Waals surface area contributed by atoms with E-state index < -0.39 is 8.25 Å². The van der Waals surface area contributed by atoms with Crippen LogP contribution in [0.3, 0.4) is 0 Å². The molecule has 2 N–H and O–H groups in total. The molecule has 20 radical (unpaired) electrons. The van der Waals surface area contributed by atoms with Crippen LogP contribution in [0.5, 0.6) is 0 Å². The van der Waals surface area contributed by atoms with E-state index >= 15 is 0 Å². The Kier molecular flexibility index (Phi) is 1740. The first kappa shape index (κ1) is 214. The van der Waals surface area contributed by atoms with Gasteiger partial charge in [0.15, 0.2) is 0 Å². The summed E-state index contributed by atoms with van der Waals surface area (Å²) in [5.74, 6) is 0. The minimum atomic E-state index is -2.87. The molecular formula is H2Mn20O3P+. The Hall–Kier alpha value is 10.4. The zero-order chi connectivity index (χ0) is 3.58. The Bertz CT molecular complexity index is 41.9. The second-order valence-electron chi connectivity index (χ2n) is 0.253. The van der Waals surface area contributed by atoms with Crippen LogP contribution < -0.4 is 0 Å². The van der Waals surface area contributed by atoms with Crippen LogP contribution in [0, 0.1) is 0 Å². The Morgan fingerprint density at radius 2 is 0.292 bits per heavy atom. The van der Waals surface area contributed by atoms with E-state index in [1.54, 1.807) is 0 Å². The molecule has 0 rings (SSSR count). The van der Waals surface area contributed by atoms with E-state index in [0.29, 0.717) is 0 Å². The maximum absolute atomic E-state index is 8.70. The molecule has 164 valence electrons. The Morgan fingerprint density at radius 3 is 0.292 bits per heavy atom. The summed E-state index contributed by atoms with van der Waals surface area (Å²) >= 11 is 0. The van der Waals surface area contributed by atoms with Crippen molar-refractivity contribution >= 4 is 8.25 Å². The molecule has 0 aliphatic rings. The van der Waals surface area contributed by atoms with Crippen molar-refractivity contribution in [3.8, 4) is 0 Å². The molecule has 3 nitrogen and oxygen atoms in total. The van der Waals surface area contributed by atoms with Crippen molar-refractivity contribution in [2.75, 3.05) is 0 Å². The van der Waals surface area contributed by atoms with Crippen molar-refractivity contribution in [1.29, 1.82) is 0 Å². The summed E-state index contributed by atoms with van der Waals surface area (Å²) in [5.41, 5.74) is 0. The number of rotatable bonds is 0. The molecule has 0 aromatic carbocycles. The molecule has 0 heterocycles. The Morgan fingerprint density at radius 1 is 0.292 bits per heavy atom. The molecule has 0 amide bonds. The third-order valence-corrected chi connectivity index (χ3v) is 0. The van der Waals surface area contributed by atoms with Crippen LogP contribution in [0.1, 0.15) is 0 Å². The van der Waals surface area contributed by atoms with Crippen LogP contribution in [0.2, 0.25) is 0 Å². The van der Waals surface area contributed by atoms with E-state index in [9.17, 15) is 0 Å². The van der Waals surface area contributed by atoms with Gasteiger partial charge in [0, 0.05) is 346 Å². The molecule has 24 heteroatoms. The van der Waals surface area contributed by atoms with Crippen molar-refractivity contribution in [1.82, 2.24) is 0 Å². The molecule has 0 aromatic heterocycles. The van der Waals surface area contributed by atoms with E-state index in [2.05, 4.69) is 0 Å². The second-order valence-corrected chi connectivity index (χ2v) is 0.758. The maximum atomic E-state index is 8.70. The molecule has 0 bridgehead atoms. The van der Waals surface area contributed by atoms with Gasteiger partial charge in [0.05, 0.1) is 0 Å². The standard InChI is InChI=1S/20Mn.HO3P/c;;;;;;;;;;;;;;;;;;;;1-4(2)3/h;;;;;;;;;;;;;;;;;;;;(H-,1,2,3)/p+1. The summed E-state index contributed by atoms with van der Waals surface area (Å²) in [7, 11) is -2.87. The SMILES string of the molecule is O=[P+](O)O.[Mn].[Mn].[Mn].[Mn].[Mn].[Mn].[Mn].[Mn].[Mn].[Mn].[Mn].[Mn].[Mn].[Mn].[Mn].[Mn].[Mn].[Mn].[Mn].[Mn]. The summed E-state index contributed by atoms with van der Waals surface area (Å²) in [6, 6.07) is 0. The van der Waals surface area contributed by atoms with Gasteiger partial charge in [0.2, 0.25) is 0 Å². The van der Waals surface area contributed by atoms with Gasteiger partial charge in [-0.25, -0.2) is 0 Å². The van der Waals surface area contributed by atoms with Crippen LogP contribution in [0.15, 0.2) is 0 Å². The maximum Gasteiger partial charge on any atom is 0.692 e. The van der Waals surface area contributed by atoms with Crippen LogP contribution in [-0.4, -0.2) is 9.79 Å². The minimum absolute atomic E-state index is 0. The van der Waals surface area contributed by atoms with Gasteiger partial charge in [-0.05, 0) is 0 Å². The van der Waals surface area contributed by atoms with E-state index in [0.717, 1.165) is 0 Å². The minimum Gasteiger partial charge on any atom is -0.134 e. The van der Waals surface area contributed by atoms with Gasteiger partial charge >= 0.3 is 8.25 Å². The Balaban J connectivity index is -0.000000000237. The third-order valence-electron chi connectivity index (χ3n) is 0. The molecular weight excluding hydrogens is 1180 g/mol. The summed E-state index contributed by atoms with van der Waals surface area (Å²) in [4.78, 5) is 14.2. The molecule has 0 aliphatic carbocycles. The predicted molar refractivity (Wildman–Crippen MR) is 12.0 cm³/mol. The van der Waals surface area contributed by atoms with E-state index in [1.165, 1.54) is 0 Å². The molecule has 0 fully saturated rings. The van der Waals surface area contributed by atoms with Crippen molar-refractivity contribution in [3.05, 3.63) is 0 Å². The first-order valence-corrected chi connectivity index (χ1v) is 1.75. The molecule has 0 saturated heterocycles. The van der Waals surface area contributed by atoms with Crippen molar-refractivity contribution < 1.29 is 356 Å². The van der Waals surface area contributed by atoms with Gasteiger partial charge < -0.3 is 0 Å². The van der Waals surface area contributed by atoms with Crippen molar-refractivity contribution in [3.63, 3.8) is 0 Å². The summed E-state index contributed by atoms with van der Waals surface area (Å²) in [6.45, 7) is 0. The fourth-order valence-corrected chi connectivity index (χ4v) is 0. The largest absolute Gasteiger partial charge is 0.692 e. The van der Waals surface area contributed by atoms with E-state index in [1.807, 2.05) is 0 Å². The van der Waals surface area contributed by atoms with Gasteiger partial charge in [-0.15, -0.1) is 9.79 Å². The van der Waals surface area contributed by atoms with Crippen LogP contribution in [0.4, 0.5) is 0 Å². The average molecular weight is 1180 g/mol. The van der Waals surface area contributed by atoms with Gasteiger partial charge in [0.25, 0.3) is 0 Å². The molecule has 0 saturated carbocycles. The van der Waals surface area contributed by atoms with Gasteiger partial charge in [-0.1, -0.05) is 0 Å². The smallest absolute Gasteiger partial charge is 0.134 e. The predicted octanol–water partition coefficient (Wildman–Crippen LogP) is -0.422. The topological polar surface area (TPSA) is 57.5 Å². The van der Waals surface area contributed by atoms with Gasteiger partial charge in [0.1, 0.15) is 0 Å². The van der Waals surface area contributed by atoms with Crippen LogP contribution in [0.25, 0.3) is 0 Å². The summed E-state index contributed by atoms with van der Waals surface area (Å²) in [6.07, 6.45) is 0. The first-order chi connectivity index (χ1) is 1.73. The van der Waals surface area contributed by atoms with Gasteiger partial charge in [-0.3, -0.25) is 0 Å². The van der Waals surface area contributed by atoms with Gasteiger partial charge in [-0.2, -0.15) is 0 Å². The second kappa shape index (κ2) is 195. The fraction of sp³-hybridized carbons (Fsp3) is 0. The molecule has 0 unspecified atom stereocenters. The molecule has 0 aliphatic heterocycles. The molecule has 0 spiro atoms. The fourth-order valence-electron chi connectivity index (χ4n) is 0. The van der Waals surface area contributed by atoms with Crippen LogP contribution in [-0.2, 0) is 346 Å². The zero-order valence-electron chi connectivity index (χ0n) is 9.31. The Labute approximate surface area is 356 Å². The third kappa shape index (κ3) is 295. The molecule has 0 atom stereocenters. The van der Waals surface area contributed by atoms with Crippen LogP contribution >= 0.6 is 8.25 Å². The quantitative estimate of drug-likeness (QED) is 0.257. The molecule has 24 heavy (non-hydrogen) atoms. The number of hydrogen-bond donors (Lipinski definition) is 2. The normalized spacial score (nSPS) is 1.08. The average Bonchev–Trinajstić information content (AvgIpc) is 0.811. The van der Waals surface area contributed by atoms with Crippen molar-refractivity contribution in [2.24, 2.45) is 0 Å². The monoisotopic (exact) mass is 1180 g/mol. The number of hydrogen-bond acceptors (Lipinski definition) is 1. The molecule has 0 aromatic rings. The van der Waals surface area contributed by atoms with E-state index in [4.69, 9.17) is 14.4 Å².